The Morgan fingerprint density at radius 1 is 0.696 bits per heavy atom. The lowest BCUT2D eigenvalue weighted by atomic mass is 9.95. The molecule has 0 aliphatic heterocycles. The van der Waals surface area contributed by atoms with Crippen LogP contribution in [0.1, 0.15) is 67.3 Å². The molecule has 4 heteroatoms. The van der Waals surface area contributed by atoms with Crippen molar-refractivity contribution in [1.82, 2.24) is 4.31 Å². The maximum Gasteiger partial charge on any atom is 0.243 e. The highest BCUT2D eigenvalue weighted by Gasteiger charge is 2.29. The van der Waals surface area contributed by atoms with Gasteiger partial charge in [-0.25, -0.2) is 8.42 Å². The highest BCUT2D eigenvalue weighted by molar-refractivity contribution is 7.89. The third kappa shape index (κ3) is 4.16. The predicted molar refractivity (Wildman–Crippen MR) is 98.7 cm³/mol. The van der Waals surface area contributed by atoms with Gasteiger partial charge in [0.15, 0.2) is 0 Å². The first-order valence-electron chi connectivity index (χ1n) is 8.77. The lowest BCUT2D eigenvalue weighted by Crippen LogP contribution is -2.34. The monoisotopic (exact) mass is 339 g/mol. The van der Waals surface area contributed by atoms with Crippen LogP contribution in [0.2, 0.25) is 0 Å². The van der Waals surface area contributed by atoms with Gasteiger partial charge in [0, 0.05) is 13.1 Å². The molecule has 0 bridgehead atoms. The van der Waals surface area contributed by atoms with Crippen LogP contribution >= 0.6 is 0 Å². The van der Waals surface area contributed by atoms with Gasteiger partial charge in [-0.3, -0.25) is 0 Å². The standard InChI is InChI=1S/C19H33NO2S/c1-8-10-12-20(13-11-9-2)23(21,22)19-17(6)15(4)14(3)16(5)18(19)7/h8-13H2,1-7H3. The summed E-state index contributed by atoms with van der Waals surface area (Å²) in [5.41, 5.74) is 5.20. The Bertz CT molecular complexity index is 611. The van der Waals surface area contributed by atoms with Crippen LogP contribution < -0.4 is 0 Å². The second-order valence-electron chi connectivity index (χ2n) is 6.57. The van der Waals surface area contributed by atoms with Gasteiger partial charge in [-0.1, -0.05) is 26.7 Å². The van der Waals surface area contributed by atoms with Crippen LogP contribution in [0.15, 0.2) is 4.90 Å². The van der Waals surface area contributed by atoms with E-state index in [4.69, 9.17) is 0 Å². The summed E-state index contributed by atoms with van der Waals surface area (Å²) in [5, 5.41) is 0. The molecular formula is C19H33NO2S. The summed E-state index contributed by atoms with van der Waals surface area (Å²) < 4.78 is 28.4. The highest BCUT2D eigenvalue weighted by Crippen LogP contribution is 2.31. The molecule has 1 aromatic carbocycles. The first-order chi connectivity index (χ1) is 10.7. The number of hydrogen-bond donors (Lipinski definition) is 0. The fourth-order valence-corrected chi connectivity index (χ4v) is 5.08. The summed E-state index contributed by atoms with van der Waals surface area (Å²) in [4.78, 5) is 0.533. The van der Waals surface area contributed by atoms with E-state index in [1.54, 1.807) is 4.31 Å². The fraction of sp³-hybridized carbons (Fsp3) is 0.684. The minimum absolute atomic E-state index is 0.533. The van der Waals surface area contributed by atoms with Crippen molar-refractivity contribution in [3.05, 3.63) is 27.8 Å². The SMILES string of the molecule is CCCCN(CCCC)S(=O)(=O)c1c(C)c(C)c(C)c(C)c1C. The molecule has 0 radical (unpaired) electrons. The summed E-state index contributed by atoms with van der Waals surface area (Å²) in [6.07, 6.45) is 3.82. The second-order valence-corrected chi connectivity index (χ2v) is 8.44. The summed E-state index contributed by atoms with van der Waals surface area (Å²) in [6, 6.07) is 0. The molecule has 0 aromatic heterocycles. The summed E-state index contributed by atoms with van der Waals surface area (Å²) in [6.45, 7) is 15.4. The topological polar surface area (TPSA) is 37.4 Å². The number of hydrogen-bond acceptors (Lipinski definition) is 2. The molecule has 0 aliphatic rings. The van der Waals surface area contributed by atoms with E-state index in [2.05, 4.69) is 20.8 Å². The molecular weight excluding hydrogens is 306 g/mol. The normalized spacial score (nSPS) is 12.2. The molecule has 0 atom stereocenters. The van der Waals surface area contributed by atoms with Crippen LogP contribution in [-0.4, -0.2) is 25.8 Å². The average molecular weight is 340 g/mol. The van der Waals surface area contributed by atoms with Crippen LogP contribution in [-0.2, 0) is 10.0 Å². The van der Waals surface area contributed by atoms with Gasteiger partial charge in [-0.05, 0) is 75.3 Å². The number of sulfonamides is 1. The molecule has 1 aromatic rings. The van der Waals surface area contributed by atoms with E-state index < -0.39 is 10.0 Å². The first kappa shape index (κ1) is 20.2. The largest absolute Gasteiger partial charge is 0.243 e. The predicted octanol–water partition coefficient (Wildman–Crippen LogP) is 4.82. The molecule has 0 spiro atoms. The van der Waals surface area contributed by atoms with Gasteiger partial charge in [0.2, 0.25) is 10.0 Å². The average Bonchev–Trinajstić information content (AvgIpc) is 2.50. The minimum atomic E-state index is -3.44. The molecule has 0 aliphatic carbocycles. The van der Waals surface area contributed by atoms with Crippen LogP contribution in [0.4, 0.5) is 0 Å². The highest BCUT2D eigenvalue weighted by atomic mass is 32.2. The molecule has 0 saturated heterocycles. The van der Waals surface area contributed by atoms with Crippen molar-refractivity contribution in [2.45, 2.75) is 79.0 Å². The van der Waals surface area contributed by atoms with E-state index in [0.717, 1.165) is 47.9 Å². The number of unbranched alkanes of at least 4 members (excludes halogenated alkanes) is 2. The van der Waals surface area contributed by atoms with Crippen molar-refractivity contribution in [3.8, 4) is 0 Å². The maximum atomic E-state index is 13.3. The Balaban J connectivity index is 3.45. The Labute approximate surface area is 143 Å². The Morgan fingerprint density at radius 2 is 1.04 bits per heavy atom. The van der Waals surface area contributed by atoms with E-state index in [1.807, 2.05) is 27.7 Å². The third-order valence-corrected chi connectivity index (χ3v) is 7.22. The molecule has 0 fully saturated rings. The van der Waals surface area contributed by atoms with Crippen molar-refractivity contribution in [2.24, 2.45) is 0 Å². The third-order valence-electron chi connectivity index (χ3n) is 5.05. The lowest BCUT2D eigenvalue weighted by Gasteiger charge is -2.26. The molecule has 132 valence electrons. The Hall–Kier alpha value is -0.870. The number of nitrogens with zero attached hydrogens (tertiary/aromatic N) is 1. The zero-order chi connectivity index (χ0) is 17.8. The summed E-state index contributed by atoms with van der Waals surface area (Å²) in [5.74, 6) is 0. The Kier molecular flexibility index (Phi) is 7.28. The zero-order valence-electron chi connectivity index (χ0n) is 15.9. The second kappa shape index (κ2) is 8.29. The van der Waals surface area contributed by atoms with Gasteiger partial charge in [0.25, 0.3) is 0 Å². The van der Waals surface area contributed by atoms with Crippen LogP contribution in [0.5, 0.6) is 0 Å². The van der Waals surface area contributed by atoms with Crippen molar-refractivity contribution in [3.63, 3.8) is 0 Å². The molecule has 0 saturated carbocycles. The first-order valence-corrected chi connectivity index (χ1v) is 10.2. The van der Waals surface area contributed by atoms with Gasteiger partial charge in [-0.2, -0.15) is 4.31 Å². The fourth-order valence-electron chi connectivity index (χ4n) is 3.00. The van der Waals surface area contributed by atoms with Crippen molar-refractivity contribution in [2.75, 3.05) is 13.1 Å². The van der Waals surface area contributed by atoms with E-state index in [0.29, 0.717) is 18.0 Å². The molecule has 0 unspecified atom stereocenters. The van der Waals surface area contributed by atoms with Crippen molar-refractivity contribution in [1.29, 1.82) is 0 Å². The zero-order valence-corrected chi connectivity index (χ0v) is 16.7. The molecule has 1 rings (SSSR count). The number of rotatable bonds is 8. The van der Waals surface area contributed by atoms with Gasteiger partial charge < -0.3 is 0 Å². The van der Waals surface area contributed by atoms with Gasteiger partial charge in [0.05, 0.1) is 4.90 Å². The van der Waals surface area contributed by atoms with E-state index >= 15 is 0 Å². The number of benzene rings is 1. The van der Waals surface area contributed by atoms with E-state index in [1.165, 1.54) is 5.56 Å². The van der Waals surface area contributed by atoms with Crippen molar-refractivity contribution < 1.29 is 8.42 Å². The molecule has 3 nitrogen and oxygen atoms in total. The maximum absolute atomic E-state index is 13.3. The van der Waals surface area contributed by atoms with Crippen molar-refractivity contribution >= 4 is 10.0 Å². The van der Waals surface area contributed by atoms with Crippen LogP contribution in [0.3, 0.4) is 0 Å². The molecule has 0 amide bonds. The van der Waals surface area contributed by atoms with Gasteiger partial charge in [0.1, 0.15) is 0 Å². The Morgan fingerprint density at radius 3 is 1.39 bits per heavy atom. The van der Waals surface area contributed by atoms with E-state index in [-0.39, 0.29) is 0 Å². The summed E-state index contributed by atoms with van der Waals surface area (Å²) >= 11 is 0. The summed E-state index contributed by atoms with van der Waals surface area (Å²) in [7, 11) is -3.44. The van der Waals surface area contributed by atoms with Gasteiger partial charge in [-0.15, -0.1) is 0 Å². The smallest absolute Gasteiger partial charge is 0.207 e. The van der Waals surface area contributed by atoms with Crippen LogP contribution in [0, 0.1) is 34.6 Å². The lowest BCUT2D eigenvalue weighted by molar-refractivity contribution is 0.394. The van der Waals surface area contributed by atoms with Gasteiger partial charge >= 0.3 is 0 Å². The molecule has 0 heterocycles. The van der Waals surface area contributed by atoms with E-state index in [9.17, 15) is 8.42 Å². The van der Waals surface area contributed by atoms with Crippen LogP contribution in [0.25, 0.3) is 0 Å². The molecule has 0 N–H and O–H groups in total. The minimum Gasteiger partial charge on any atom is -0.207 e. The quantitative estimate of drug-likeness (QED) is 0.681. The molecule has 23 heavy (non-hydrogen) atoms.